The number of carbonyl (C=O) groups is 2. The van der Waals surface area contributed by atoms with Crippen LogP contribution in [0.1, 0.15) is 39.2 Å². The number of dihydropyridines is 1. The molecule has 40 heavy (non-hydrogen) atoms. The predicted molar refractivity (Wildman–Crippen MR) is 149 cm³/mol. The van der Waals surface area contributed by atoms with Crippen LogP contribution in [0.5, 0.6) is 17.2 Å². The number of rotatable bonds is 14. The van der Waals surface area contributed by atoms with Crippen molar-refractivity contribution in [1.29, 1.82) is 0 Å². The Morgan fingerprint density at radius 1 is 1.00 bits per heavy atom. The molecule has 10 heteroatoms. The Morgan fingerprint density at radius 3 is 2.23 bits per heavy atom. The molecule has 0 radical (unpaired) electrons. The van der Waals surface area contributed by atoms with Crippen LogP contribution in [-0.4, -0.2) is 59.3 Å². The van der Waals surface area contributed by atoms with Gasteiger partial charge in [0, 0.05) is 23.5 Å². The van der Waals surface area contributed by atoms with E-state index in [1.54, 1.807) is 56.3 Å². The number of allylic oxidation sites excluding steroid dienone is 3. The van der Waals surface area contributed by atoms with E-state index >= 15 is 0 Å². The number of hydrogen-bond acceptors (Lipinski definition) is 8. The normalized spacial score (nSPS) is 15.5. The number of aliphatic hydroxyl groups is 1. The van der Waals surface area contributed by atoms with Gasteiger partial charge in [-0.15, -0.1) is 0 Å². The Hall–Kier alpha value is -4.28. The highest BCUT2D eigenvalue weighted by atomic mass is 16.5. The fourth-order valence-electron chi connectivity index (χ4n) is 4.47. The number of nitrogens with one attached hydrogen (secondary N) is 2. The van der Waals surface area contributed by atoms with Gasteiger partial charge in [0.15, 0.2) is 6.23 Å². The summed E-state index contributed by atoms with van der Waals surface area (Å²) in [4.78, 5) is 24.7. The van der Waals surface area contributed by atoms with E-state index in [1.807, 2.05) is 32.0 Å². The topological polar surface area (TPSA) is 147 Å². The van der Waals surface area contributed by atoms with E-state index in [0.717, 1.165) is 0 Å². The first kappa shape index (κ1) is 30.3. The predicted octanol–water partition coefficient (Wildman–Crippen LogP) is 3.80. The van der Waals surface area contributed by atoms with Crippen LogP contribution in [0.15, 0.2) is 83.2 Å². The molecule has 1 aliphatic heterocycles. The summed E-state index contributed by atoms with van der Waals surface area (Å²) in [6.07, 6.45) is 1.91. The number of hydrogen-bond donors (Lipinski definition) is 5. The summed E-state index contributed by atoms with van der Waals surface area (Å²) in [6, 6.07) is 14.0. The molecule has 1 heterocycles. The van der Waals surface area contributed by atoms with E-state index in [4.69, 9.17) is 14.2 Å². The highest BCUT2D eigenvalue weighted by molar-refractivity contribution is 5.98. The zero-order valence-electron chi connectivity index (χ0n) is 23.0. The number of carboxylic acids is 2. The molecule has 2 aromatic carbocycles. The van der Waals surface area contributed by atoms with Gasteiger partial charge in [-0.2, -0.15) is 0 Å². The zero-order chi connectivity index (χ0) is 29.2. The van der Waals surface area contributed by atoms with Gasteiger partial charge in [0.2, 0.25) is 0 Å². The monoisotopic (exact) mass is 552 g/mol. The Balaban J connectivity index is 1.92. The van der Waals surface area contributed by atoms with Crippen LogP contribution in [0.3, 0.4) is 0 Å². The van der Waals surface area contributed by atoms with Crippen LogP contribution in [0.25, 0.3) is 0 Å². The molecular formula is C30H36N2O8. The summed E-state index contributed by atoms with van der Waals surface area (Å²) >= 11 is 0. The molecule has 0 amide bonds. The van der Waals surface area contributed by atoms with Crippen molar-refractivity contribution in [2.24, 2.45) is 0 Å². The second-order valence-corrected chi connectivity index (χ2v) is 9.13. The first-order valence-corrected chi connectivity index (χ1v) is 13.0. The summed E-state index contributed by atoms with van der Waals surface area (Å²) in [5.41, 5.74) is 0.774. The third-order valence-electron chi connectivity index (χ3n) is 6.19. The molecule has 1 unspecified atom stereocenters. The van der Waals surface area contributed by atoms with Crippen LogP contribution in [-0.2, 0) is 9.59 Å². The minimum atomic E-state index is -1.25. The van der Waals surface area contributed by atoms with Gasteiger partial charge < -0.3 is 34.8 Å². The third-order valence-corrected chi connectivity index (χ3v) is 6.19. The van der Waals surface area contributed by atoms with E-state index in [1.165, 1.54) is 0 Å². The lowest BCUT2D eigenvalue weighted by Gasteiger charge is -2.31. The number of aliphatic hydroxyl groups excluding tert-OH is 1. The number of benzene rings is 2. The summed E-state index contributed by atoms with van der Waals surface area (Å²) in [6.45, 7) is 7.35. The zero-order valence-corrected chi connectivity index (χ0v) is 23.0. The molecule has 2 aromatic rings. The largest absolute Gasteiger partial charge is 0.494 e. The SMILES string of the molecule is C/C=C/C(NC[C@H](O)COc1ccccc1)Oc1ccc(OCC)cc1C1C(C(=O)O)=C(C)NC(C)=C1C(=O)O. The van der Waals surface area contributed by atoms with Gasteiger partial charge >= 0.3 is 11.9 Å². The van der Waals surface area contributed by atoms with Crippen LogP contribution >= 0.6 is 0 Å². The lowest BCUT2D eigenvalue weighted by molar-refractivity contribution is -0.133. The second kappa shape index (κ2) is 14.2. The molecule has 3 rings (SSSR count). The Morgan fingerprint density at radius 2 is 1.65 bits per heavy atom. The highest BCUT2D eigenvalue weighted by Crippen LogP contribution is 2.43. The van der Waals surface area contributed by atoms with Crippen molar-refractivity contribution in [3.8, 4) is 17.2 Å². The minimum Gasteiger partial charge on any atom is -0.494 e. The summed E-state index contributed by atoms with van der Waals surface area (Å²) < 4.78 is 17.5. The van der Waals surface area contributed by atoms with Gasteiger partial charge in [-0.3, -0.25) is 5.32 Å². The molecule has 2 atom stereocenters. The number of carboxylic acid groups (broad SMARTS) is 2. The average Bonchev–Trinajstić information content (AvgIpc) is 2.91. The van der Waals surface area contributed by atoms with Gasteiger partial charge in [0.1, 0.15) is 30.0 Å². The van der Waals surface area contributed by atoms with E-state index in [2.05, 4.69) is 10.6 Å². The number of para-hydroxylation sites is 1. The van der Waals surface area contributed by atoms with Crippen LogP contribution < -0.4 is 24.8 Å². The van der Waals surface area contributed by atoms with Crippen molar-refractivity contribution in [2.45, 2.75) is 45.9 Å². The minimum absolute atomic E-state index is 0.0566. The number of ether oxygens (including phenoxy) is 3. The molecule has 0 bridgehead atoms. The molecule has 0 spiro atoms. The number of aliphatic carboxylic acids is 2. The molecule has 1 aliphatic rings. The van der Waals surface area contributed by atoms with E-state index < -0.39 is 30.2 Å². The molecule has 0 aliphatic carbocycles. The molecule has 0 saturated carbocycles. The van der Waals surface area contributed by atoms with Crippen molar-refractivity contribution >= 4 is 11.9 Å². The molecular weight excluding hydrogens is 516 g/mol. The van der Waals surface area contributed by atoms with Crippen LogP contribution in [0, 0.1) is 0 Å². The second-order valence-electron chi connectivity index (χ2n) is 9.13. The van der Waals surface area contributed by atoms with Gasteiger partial charge in [-0.05, 0) is 64.1 Å². The standard InChI is InChI=1S/C30H36N2O8/c1-5-10-25(31-16-20(33)17-39-21-11-8-7-9-12-21)40-24-14-13-22(38-6-2)15-23(24)28-26(29(34)35)18(3)32-19(4)27(28)30(36)37/h5,7-15,20,25,28,31-33H,6,16-17H2,1-4H3,(H,34,35)(H,36,37)/b10-5+/t20-,25?/m0/s1. The van der Waals surface area contributed by atoms with Crippen molar-refractivity contribution < 1.29 is 39.1 Å². The average molecular weight is 553 g/mol. The Labute approximate surface area is 233 Å². The van der Waals surface area contributed by atoms with E-state index in [0.29, 0.717) is 35.1 Å². The van der Waals surface area contributed by atoms with Crippen molar-refractivity contribution in [1.82, 2.24) is 10.6 Å². The van der Waals surface area contributed by atoms with E-state index in [9.17, 15) is 24.9 Å². The van der Waals surface area contributed by atoms with Crippen molar-refractivity contribution in [3.05, 3.63) is 88.8 Å². The van der Waals surface area contributed by atoms with E-state index in [-0.39, 0.29) is 30.0 Å². The Kier molecular flexibility index (Phi) is 10.7. The third kappa shape index (κ3) is 7.64. The maximum atomic E-state index is 12.4. The van der Waals surface area contributed by atoms with Gasteiger partial charge in [0.25, 0.3) is 0 Å². The molecule has 10 nitrogen and oxygen atoms in total. The first-order chi connectivity index (χ1) is 19.2. The smallest absolute Gasteiger partial charge is 0.334 e. The fraction of sp³-hybridized carbons (Fsp3) is 0.333. The van der Waals surface area contributed by atoms with Gasteiger partial charge in [-0.1, -0.05) is 24.3 Å². The lowest BCUT2D eigenvalue weighted by Crippen LogP contribution is -2.40. The van der Waals surface area contributed by atoms with Crippen LogP contribution in [0.2, 0.25) is 0 Å². The summed E-state index contributed by atoms with van der Waals surface area (Å²) in [5.74, 6) is -2.30. The Bertz CT molecular complexity index is 1250. The lowest BCUT2D eigenvalue weighted by atomic mass is 9.80. The maximum absolute atomic E-state index is 12.4. The molecule has 5 N–H and O–H groups in total. The van der Waals surface area contributed by atoms with Gasteiger partial charge in [0.05, 0.1) is 23.7 Å². The summed E-state index contributed by atoms with van der Waals surface area (Å²) in [7, 11) is 0. The fourth-order valence-corrected chi connectivity index (χ4v) is 4.47. The molecule has 0 fully saturated rings. The van der Waals surface area contributed by atoms with Crippen LogP contribution in [0.4, 0.5) is 0 Å². The van der Waals surface area contributed by atoms with Gasteiger partial charge in [-0.25, -0.2) is 9.59 Å². The molecule has 214 valence electrons. The quantitative estimate of drug-likeness (QED) is 0.173. The molecule has 0 aromatic heterocycles. The summed E-state index contributed by atoms with van der Waals surface area (Å²) in [5, 5.41) is 36.6. The molecule has 0 saturated heterocycles. The highest BCUT2D eigenvalue weighted by Gasteiger charge is 2.38. The van der Waals surface area contributed by atoms with Crippen molar-refractivity contribution in [2.75, 3.05) is 19.8 Å². The maximum Gasteiger partial charge on any atom is 0.334 e. The van der Waals surface area contributed by atoms with Crippen molar-refractivity contribution in [3.63, 3.8) is 0 Å². The first-order valence-electron chi connectivity index (χ1n) is 13.0.